The minimum Gasteiger partial charge on any atom is -0.438 e. The van der Waals surface area contributed by atoms with Gasteiger partial charge in [-0.15, -0.1) is 0 Å². The monoisotopic (exact) mass is 603 g/mol. The van der Waals surface area contributed by atoms with Crippen LogP contribution in [0.25, 0.3) is 11.1 Å². The summed E-state index contributed by atoms with van der Waals surface area (Å²) >= 11 is 0. The second-order valence-electron chi connectivity index (χ2n) is 10.3. The van der Waals surface area contributed by atoms with E-state index in [2.05, 4.69) is 15.4 Å². The standard InChI is InChI=1S/C27H31F5N6O4/c1-3-37-11-8-17(36-37)23(39)35-22(15-6-9-26(28,29)10-7-15)24-33-18-12-16(4-5-20(18)42-24)19(14-41-2)38-13-21(27(30,31)32)34-25(38)40/h4-5,8,11-12,15,19,21-22H,3,6-7,9-10,13-14H2,1-2H3,(H,34,40)(H,35,39)/t19-,21+,22+/m1/s1/i1D3,3D2. The average molecular weight is 604 g/mol. The van der Waals surface area contributed by atoms with Crippen molar-refractivity contribution >= 4 is 23.0 Å². The fourth-order valence-electron chi connectivity index (χ4n) is 5.34. The van der Waals surface area contributed by atoms with Crippen molar-refractivity contribution < 1.29 is 47.5 Å². The van der Waals surface area contributed by atoms with Crippen molar-refractivity contribution in [1.29, 1.82) is 0 Å². The molecule has 3 heterocycles. The largest absolute Gasteiger partial charge is 0.438 e. The molecule has 10 nitrogen and oxygen atoms in total. The molecule has 2 N–H and O–H groups in total. The predicted octanol–water partition coefficient (Wildman–Crippen LogP) is 4.98. The molecular weight excluding hydrogens is 567 g/mol. The number of rotatable bonds is 9. The Balaban J connectivity index is 1.44. The van der Waals surface area contributed by atoms with Crippen LogP contribution in [0.1, 0.15) is 73.4 Å². The molecule has 2 fully saturated rings. The number of halogens is 5. The highest BCUT2D eigenvalue weighted by Crippen LogP contribution is 2.42. The lowest BCUT2D eigenvalue weighted by Gasteiger charge is -2.32. The Kier molecular flexibility index (Phi) is 6.51. The Morgan fingerprint density at radius 2 is 2.10 bits per heavy atom. The van der Waals surface area contributed by atoms with Crippen molar-refractivity contribution in [1.82, 2.24) is 30.3 Å². The van der Waals surface area contributed by atoms with Crippen LogP contribution in [0.4, 0.5) is 26.7 Å². The van der Waals surface area contributed by atoms with Gasteiger partial charge in [0.2, 0.25) is 11.8 Å². The molecule has 1 aromatic carbocycles. The number of urea groups is 1. The van der Waals surface area contributed by atoms with Gasteiger partial charge in [-0.3, -0.25) is 9.48 Å². The molecule has 1 saturated carbocycles. The van der Waals surface area contributed by atoms with E-state index in [9.17, 15) is 31.5 Å². The number of oxazole rings is 1. The molecule has 0 bridgehead atoms. The highest BCUT2D eigenvalue weighted by atomic mass is 19.4. The van der Waals surface area contributed by atoms with E-state index in [-0.39, 0.29) is 42.1 Å². The lowest BCUT2D eigenvalue weighted by Crippen LogP contribution is -2.40. The number of methoxy groups -OCH3 is 1. The lowest BCUT2D eigenvalue weighted by atomic mass is 9.82. The third-order valence-corrected chi connectivity index (χ3v) is 7.57. The second-order valence-corrected chi connectivity index (χ2v) is 10.3. The number of hydrogen-bond acceptors (Lipinski definition) is 6. The number of hydrogen-bond donors (Lipinski definition) is 2. The molecule has 0 radical (unpaired) electrons. The van der Waals surface area contributed by atoms with Gasteiger partial charge in [-0.05, 0) is 49.4 Å². The van der Waals surface area contributed by atoms with E-state index in [1.54, 1.807) is 0 Å². The van der Waals surface area contributed by atoms with Gasteiger partial charge in [0.05, 0.1) is 21.9 Å². The fraction of sp³-hybridized carbons (Fsp3) is 0.556. The molecule has 3 aromatic rings. The van der Waals surface area contributed by atoms with E-state index >= 15 is 0 Å². The van der Waals surface area contributed by atoms with Gasteiger partial charge in [0.15, 0.2) is 5.58 Å². The zero-order chi connectivity index (χ0) is 34.5. The smallest absolute Gasteiger partial charge is 0.410 e. The molecule has 0 spiro atoms. The minimum atomic E-state index is -4.66. The van der Waals surface area contributed by atoms with Crippen molar-refractivity contribution in [2.24, 2.45) is 5.92 Å². The summed E-state index contributed by atoms with van der Waals surface area (Å²) in [6.07, 6.45) is -4.62. The molecule has 1 aliphatic carbocycles. The Hall–Kier alpha value is -3.75. The number of fused-ring (bicyclic) bond motifs is 1. The molecule has 0 unspecified atom stereocenters. The number of carbonyl (C=O) groups is 2. The molecule has 3 amide bonds. The van der Waals surface area contributed by atoms with Crippen LogP contribution in [0.15, 0.2) is 34.9 Å². The summed E-state index contributed by atoms with van der Waals surface area (Å²) in [4.78, 5) is 31.3. The Labute approximate surface area is 244 Å². The first-order valence-electron chi connectivity index (χ1n) is 15.6. The van der Waals surface area contributed by atoms with Gasteiger partial charge >= 0.3 is 12.2 Å². The number of amides is 3. The number of ether oxygens (including phenoxy) is 1. The van der Waals surface area contributed by atoms with E-state index < -0.39 is 80.8 Å². The first-order chi connectivity index (χ1) is 21.8. The van der Waals surface area contributed by atoms with Gasteiger partial charge in [-0.25, -0.2) is 18.6 Å². The maximum absolute atomic E-state index is 14.1. The molecule has 1 aliphatic heterocycles. The van der Waals surface area contributed by atoms with Gasteiger partial charge in [0, 0.05) is 36.8 Å². The maximum Gasteiger partial charge on any atom is 0.410 e. The topological polar surface area (TPSA) is 115 Å². The summed E-state index contributed by atoms with van der Waals surface area (Å²) in [5, 5.41) is 8.39. The van der Waals surface area contributed by atoms with Crippen LogP contribution in [0.3, 0.4) is 0 Å². The third-order valence-electron chi connectivity index (χ3n) is 7.57. The van der Waals surface area contributed by atoms with Gasteiger partial charge in [0.1, 0.15) is 23.3 Å². The van der Waals surface area contributed by atoms with E-state index in [0.29, 0.717) is 10.2 Å². The molecule has 228 valence electrons. The first-order valence-corrected chi connectivity index (χ1v) is 13.1. The molecular formula is C27H31F5N6O4. The van der Waals surface area contributed by atoms with Gasteiger partial charge < -0.3 is 24.7 Å². The number of benzene rings is 1. The zero-order valence-electron chi connectivity index (χ0n) is 27.3. The Morgan fingerprint density at radius 3 is 2.76 bits per heavy atom. The van der Waals surface area contributed by atoms with E-state index in [4.69, 9.17) is 16.0 Å². The summed E-state index contributed by atoms with van der Waals surface area (Å²) in [6.45, 7) is -6.82. The van der Waals surface area contributed by atoms with Crippen LogP contribution in [-0.2, 0) is 11.2 Å². The van der Waals surface area contributed by atoms with Crippen LogP contribution in [0.2, 0.25) is 0 Å². The maximum atomic E-state index is 14.1. The first kappa shape index (κ1) is 23.8. The highest BCUT2D eigenvalue weighted by Gasteiger charge is 2.48. The van der Waals surface area contributed by atoms with E-state index in [1.165, 1.54) is 25.3 Å². The van der Waals surface area contributed by atoms with Crippen LogP contribution >= 0.6 is 0 Å². The van der Waals surface area contributed by atoms with Crippen molar-refractivity contribution in [3.05, 3.63) is 47.6 Å². The van der Waals surface area contributed by atoms with Crippen LogP contribution in [-0.4, -0.2) is 70.0 Å². The van der Waals surface area contributed by atoms with Crippen molar-refractivity contribution in [2.75, 3.05) is 20.3 Å². The van der Waals surface area contributed by atoms with Gasteiger partial charge in [-0.1, -0.05) is 6.07 Å². The minimum absolute atomic E-state index is 0.0156. The Bertz CT molecular complexity index is 1620. The number of carbonyl (C=O) groups excluding carboxylic acids is 2. The molecule has 2 aromatic heterocycles. The fourth-order valence-corrected chi connectivity index (χ4v) is 5.34. The molecule has 3 atom stereocenters. The third kappa shape index (κ3) is 6.20. The number of nitrogens with one attached hydrogen (secondary N) is 2. The van der Waals surface area contributed by atoms with Crippen LogP contribution in [0, 0.1) is 5.92 Å². The Morgan fingerprint density at radius 1 is 1.33 bits per heavy atom. The van der Waals surface area contributed by atoms with E-state index in [1.807, 2.05) is 5.32 Å². The predicted molar refractivity (Wildman–Crippen MR) is 139 cm³/mol. The summed E-state index contributed by atoms with van der Waals surface area (Å²) in [5.74, 6) is -4.40. The summed E-state index contributed by atoms with van der Waals surface area (Å²) in [7, 11) is 1.33. The molecule has 42 heavy (non-hydrogen) atoms. The number of nitrogens with zero attached hydrogens (tertiary/aromatic N) is 4. The van der Waals surface area contributed by atoms with Crippen LogP contribution < -0.4 is 10.6 Å². The molecule has 1 saturated heterocycles. The van der Waals surface area contributed by atoms with Crippen LogP contribution in [0.5, 0.6) is 0 Å². The van der Waals surface area contributed by atoms with Gasteiger partial charge in [-0.2, -0.15) is 18.3 Å². The van der Waals surface area contributed by atoms with Crippen molar-refractivity contribution in [3.8, 4) is 0 Å². The zero-order valence-corrected chi connectivity index (χ0v) is 22.3. The molecule has 2 aliphatic rings. The second kappa shape index (κ2) is 11.5. The van der Waals surface area contributed by atoms with Crippen molar-refractivity contribution in [3.63, 3.8) is 0 Å². The lowest BCUT2D eigenvalue weighted by molar-refractivity contribution is -0.150. The summed E-state index contributed by atoms with van der Waals surface area (Å²) in [6, 6.07) is 0.610. The molecule has 15 heteroatoms. The summed E-state index contributed by atoms with van der Waals surface area (Å²) < 4.78 is 118. The molecule has 5 rings (SSSR count). The quantitative estimate of drug-likeness (QED) is 0.334. The highest BCUT2D eigenvalue weighted by molar-refractivity contribution is 5.92. The van der Waals surface area contributed by atoms with Gasteiger partial charge in [0.25, 0.3) is 5.91 Å². The van der Waals surface area contributed by atoms with E-state index in [0.717, 1.165) is 17.2 Å². The number of aryl methyl sites for hydroxylation is 1. The number of alkyl halides is 5. The number of aromatic nitrogens is 3. The van der Waals surface area contributed by atoms with Crippen molar-refractivity contribution in [2.45, 2.75) is 69.3 Å². The SMILES string of the molecule is [2H]C([2H])([2H])C([2H])([2H])n1ccc(C(=O)N[C@H](c2nc3cc([C@@H](COC)N4C[C@@H](C(F)(F)F)NC4=O)ccc3o2)C2CCC(F)(F)CC2)n1. The normalized spacial score (nSPS) is 23.4. The average Bonchev–Trinajstić information content (AvgIpc) is 3.72. The summed E-state index contributed by atoms with van der Waals surface area (Å²) in [5.41, 5.74) is 0.450.